The quantitative estimate of drug-likeness (QED) is 0.866. The number of ether oxygens (including phenoxy) is 1. The number of methoxy groups -OCH3 is 1. The molecule has 0 aliphatic heterocycles. The van der Waals surface area contributed by atoms with Crippen LogP contribution in [0.1, 0.15) is 12.5 Å². The maximum absolute atomic E-state index is 13.4. The van der Waals surface area contributed by atoms with Gasteiger partial charge in [0.15, 0.2) is 0 Å². The topological polar surface area (TPSA) is 21.3 Å². The first-order valence-electron chi connectivity index (χ1n) is 6.54. The Kier molecular flexibility index (Phi) is 5.44. The molecule has 0 radical (unpaired) electrons. The molecule has 0 aromatic heterocycles. The van der Waals surface area contributed by atoms with Gasteiger partial charge in [-0.3, -0.25) is 0 Å². The summed E-state index contributed by atoms with van der Waals surface area (Å²) in [6.07, 6.45) is 0. The van der Waals surface area contributed by atoms with Crippen molar-refractivity contribution >= 4 is 11.8 Å². The van der Waals surface area contributed by atoms with E-state index in [1.165, 1.54) is 6.07 Å². The highest BCUT2D eigenvalue weighted by atomic mass is 32.2. The number of halogens is 1. The van der Waals surface area contributed by atoms with E-state index < -0.39 is 0 Å². The molecular formula is C16H18FNOS. The fraction of sp³-hybridized carbons (Fsp3) is 0.250. The number of hydrogen-bond donors (Lipinski definition) is 1. The lowest BCUT2D eigenvalue weighted by Gasteiger charge is -2.10. The zero-order valence-electron chi connectivity index (χ0n) is 11.7. The summed E-state index contributed by atoms with van der Waals surface area (Å²) in [5, 5.41) is 3.24. The van der Waals surface area contributed by atoms with Crippen molar-refractivity contribution in [2.75, 3.05) is 13.7 Å². The molecule has 2 aromatic carbocycles. The predicted octanol–water partition coefficient (Wildman–Crippen LogP) is 4.10. The Balaban J connectivity index is 2.18. The summed E-state index contributed by atoms with van der Waals surface area (Å²) in [5.41, 5.74) is 0.979. The summed E-state index contributed by atoms with van der Waals surface area (Å²) >= 11 is 1.63. The largest absolute Gasteiger partial charge is 0.497 e. The van der Waals surface area contributed by atoms with Crippen LogP contribution in [0, 0.1) is 5.82 Å². The Morgan fingerprint density at radius 3 is 2.55 bits per heavy atom. The van der Waals surface area contributed by atoms with E-state index in [9.17, 15) is 4.39 Å². The van der Waals surface area contributed by atoms with E-state index in [1.54, 1.807) is 24.9 Å². The molecule has 0 heterocycles. The number of benzene rings is 2. The molecule has 2 rings (SSSR count). The molecule has 2 aromatic rings. The minimum Gasteiger partial charge on any atom is -0.497 e. The predicted molar refractivity (Wildman–Crippen MR) is 80.9 cm³/mol. The van der Waals surface area contributed by atoms with Crippen LogP contribution in [0.15, 0.2) is 52.3 Å². The van der Waals surface area contributed by atoms with Gasteiger partial charge in [-0.15, -0.1) is 0 Å². The Labute approximate surface area is 123 Å². The van der Waals surface area contributed by atoms with Crippen LogP contribution >= 0.6 is 11.8 Å². The van der Waals surface area contributed by atoms with Crippen LogP contribution in [-0.2, 0) is 6.54 Å². The summed E-state index contributed by atoms with van der Waals surface area (Å²) in [6, 6.07) is 12.8. The molecular weight excluding hydrogens is 273 g/mol. The minimum atomic E-state index is -0.197. The van der Waals surface area contributed by atoms with Crippen LogP contribution in [0.2, 0.25) is 0 Å². The molecule has 106 valence electrons. The van der Waals surface area contributed by atoms with Crippen molar-refractivity contribution in [3.63, 3.8) is 0 Å². The molecule has 0 bridgehead atoms. The molecule has 0 amide bonds. The summed E-state index contributed by atoms with van der Waals surface area (Å²) in [5.74, 6) is 0.637. The first kappa shape index (κ1) is 14.9. The Morgan fingerprint density at radius 1 is 1.15 bits per heavy atom. The molecule has 0 atom stereocenters. The highest BCUT2D eigenvalue weighted by Gasteiger charge is 2.06. The number of hydrogen-bond acceptors (Lipinski definition) is 3. The van der Waals surface area contributed by atoms with Crippen LogP contribution in [0.25, 0.3) is 0 Å². The van der Waals surface area contributed by atoms with E-state index in [2.05, 4.69) is 5.32 Å². The molecule has 0 aliphatic carbocycles. The van der Waals surface area contributed by atoms with Gasteiger partial charge >= 0.3 is 0 Å². The molecule has 0 unspecified atom stereocenters. The molecule has 0 saturated carbocycles. The van der Waals surface area contributed by atoms with Crippen molar-refractivity contribution in [3.8, 4) is 5.75 Å². The van der Waals surface area contributed by atoms with Gasteiger partial charge in [0.1, 0.15) is 11.6 Å². The minimum absolute atomic E-state index is 0.197. The lowest BCUT2D eigenvalue weighted by atomic mass is 10.2. The van der Waals surface area contributed by atoms with Gasteiger partial charge in [-0.1, -0.05) is 18.7 Å². The molecule has 4 heteroatoms. The lowest BCUT2D eigenvalue weighted by molar-refractivity contribution is 0.414. The molecule has 0 fully saturated rings. The third-order valence-corrected chi connectivity index (χ3v) is 4.00. The monoisotopic (exact) mass is 291 g/mol. The molecule has 2 nitrogen and oxygen atoms in total. The van der Waals surface area contributed by atoms with Crippen LogP contribution in [0.3, 0.4) is 0 Å². The van der Waals surface area contributed by atoms with E-state index in [0.29, 0.717) is 6.54 Å². The fourth-order valence-electron chi connectivity index (χ4n) is 1.82. The van der Waals surface area contributed by atoms with Crippen molar-refractivity contribution < 1.29 is 9.13 Å². The average Bonchev–Trinajstić information content (AvgIpc) is 2.48. The molecule has 0 spiro atoms. The van der Waals surface area contributed by atoms with Gasteiger partial charge in [0.2, 0.25) is 0 Å². The summed E-state index contributed by atoms with van der Waals surface area (Å²) in [6.45, 7) is 3.57. The van der Waals surface area contributed by atoms with Crippen molar-refractivity contribution in [2.45, 2.75) is 23.3 Å². The second kappa shape index (κ2) is 7.31. The highest BCUT2D eigenvalue weighted by Crippen LogP contribution is 2.32. The van der Waals surface area contributed by atoms with Crippen LogP contribution in [0.4, 0.5) is 4.39 Å². The van der Waals surface area contributed by atoms with Crippen LogP contribution < -0.4 is 10.1 Å². The third-order valence-electron chi connectivity index (χ3n) is 2.88. The fourth-order valence-corrected chi connectivity index (χ4v) is 2.74. The Hall–Kier alpha value is -1.52. The Bertz CT molecular complexity index is 557. The standard InChI is InChI=1S/C16H18FNOS/c1-3-18-11-12-10-13(17)4-9-16(12)20-15-7-5-14(19-2)6-8-15/h4-10,18H,3,11H2,1-2H3. The molecule has 0 saturated heterocycles. The van der Waals surface area contributed by atoms with Gasteiger partial charge in [0.05, 0.1) is 7.11 Å². The average molecular weight is 291 g/mol. The zero-order chi connectivity index (χ0) is 14.4. The maximum Gasteiger partial charge on any atom is 0.123 e. The first-order chi connectivity index (χ1) is 9.72. The van der Waals surface area contributed by atoms with Gasteiger partial charge < -0.3 is 10.1 Å². The lowest BCUT2D eigenvalue weighted by Crippen LogP contribution is -2.12. The van der Waals surface area contributed by atoms with Gasteiger partial charge in [-0.05, 0) is 54.6 Å². The summed E-state index contributed by atoms with van der Waals surface area (Å²) in [4.78, 5) is 2.17. The third kappa shape index (κ3) is 3.99. The Morgan fingerprint density at radius 2 is 1.90 bits per heavy atom. The van der Waals surface area contributed by atoms with Crippen molar-refractivity contribution in [2.24, 2.45) is 0 Å². The van der Waals surface area contributed by atoms with Crippen molar-refractivity contribution in [3.05, 3.63) is 53.8 Å². The van der Waals surface area contributed by atoms with Crippen LogP contribution in [-0.4, -0.2) is 13.7 Å². The molecule has 20 heavy (non-hydrogen) atoms. The van der Waals surface area contributed by atoms with Gasteiger partial charge in [-0.2, -0.15) is 0 Å². The van der Waals surface area contributed by atoms with Gasteiger partial charge in [-0.25, -0.2) is 4.39 Å². The zero-order valence-corrected chi connectivity index (χ0v) is 12.5. The molecule has 0 aliphatic rings. The summed E-state index contributed by atoms with van der Waals surface area (Å²) in [7, 11) is 1.65. The normalized spacial score (nSPS) is 10.6. The van der Waals surface area contributed by atoms with Gasteiger partial charge in [0.25, 0.3) is 0 Å². The first-order valence-corrected chi connectivity index (χ1v) is 7.35. The maximum atomic E-state index is 13.4. The van der Waals surface area contributed by atoms with E-state index in [-0.39, 0.29) is 5.82 Å². The summed E-state index contributed by atoms with van der Waals surface area (Å²) < 4.78 is 18.5. The second-order valence-electron chi connectivity index (χ2n) is 4.31. The smallest absolute Gasteiger partial charge is 0.123 e. The van der Waals surface area contributed by atoms with E-state index in [4.69, 9.17) is 4.74 Å². The number of nitrogens with one attached hydrogen (secondary N) is 1. The van der Waals surface area contributed by atoms with Gasteiger partial charge in [0, 0.05) is 16.3 Å². The van der Waals surface area contributed by atoms with Crippen molar-refractivity contribution in [1.82, 2.24) is 5.32 Å². The van der Waals surface area contributed by atoms with E-state index in [0.717, 1.165) is 27.6 Å². The highest BCUT2D eigenvalue weighted by molar-refractivity contribution is 7.99. The van der Waals surface area contributed by atoms with E-state index in [1.807, 2.05) is 37.3 Å². The molecule has 1 N–H and O–H groups in total. The van der Waals surface area contributed by atoms with Crippen LogP contribution in [0.5, 0.6) is 5.75 Å². The number of rotatable bonds is 6. The van der Waals surface area contributed by atoms with Crippen molar-refractivity contribution in [1.29, 1.82) is 0 Å². The second-order valence-corrected chi connectivity index (χ2v) is 5.43. The van der Waals surface area contributed by atoms with E-state index >= 15 is 0 Å². The SMILES string of the molecule is CCNCc1cc(F)ccc1Sc1ccc(OC)cc1.